The van der Waals surface area contributed by atoms with Gasteiger partial charge >= 0.3 is 0 Å². The molecule has 0 atom stereocenters. The molecule has 0 fully saturated rings. The molecule has 4 nitrogen and oxygen atoms in total. The van der Waals surface area contributed by atoms with E-state index in [0.29, 0.717) is 11.8 Å². The second kappa shape index (κ2) is 4.28. The maximum atomic E-state index is 5.63. The van der Waals surface area contributed by atoms with Gasteiger partial charge in [0.1, 0.15) is 17.5 Å². The van der Waals surface area contributed by atoms with E-state index in [9.17, 15) is 0 Å². The quantitative estimate of drug-likeness (QED) is 0.774. The zero-order chi connectivity index (χ0) is 12.4. The summed E-state index contributed by atoms with van der Waals surface area (Å²) in [5.41, 5.74) is -0.541. The Bertz CT molecular complexity index is 320. The van der Waals surface area contributed by atoms with Crippen molar-refractivity contribution in [1.29, 1.82) is 0 Å². The van der Waals surface area contributed by atoms with Crippen molar-refractivity contribution in [2.45, 2.75) is 52.7 Å². The molecule has 0 radical (unpaired) electrons. The minimum Gasteiger partial charge on any atom is -0.472 e. The van der Waals surface area contributed by atoms with E-state index in [0.717, 1.165) is 0 Å². The molecule has 0 aliphatic rings. The van der Waals surface area contributed by atoms with Crippen molar-refractivity contribution in [3.8, 4) is 11.8 Å². The summed E-state index contributed by atoms with van der Waals surface area (Å²) in [4.78, 5) is 8.08. The molecule has 1 aromatic rings. The van der Waals surface area contributed by atoms with Gasteiger partial charge in [-0.15, -0.1) is 0 Å². The third kappa shape index (κ3) is 4.96. The van der Waals surface area contributed by atoms with Gasteiger partial charge in [0, 0.05) is 0 Å². The third-order valence-corrected chi connectivity index (χ3v) is 1.44. The Hall–Kier alpha value is -1.32. The van der Waals surface area contributed by atoms with Gasteiger partial charge in [0.2, 0.25) is 11.8 Å². The van der Waals surface area contributed by atoms with Gasteiger partial charge < -0.3 is 9.47 Å². The summed E-state index contributed by atoms with van der Waals surface area (Å²) in [5.74, 6) is 1.06. The molecule has 0 saturated carbocycles. The molecule has 90 valence electrons. The lowest BCUT2D eigenvalue weighted by molar-refractivity contribution is 0.112. The molecule has 0 aliphatic heterocycles. The molecule has 0 aromatic carbocycles. The molecule has 0 unspecified atom stereocenters. The maximum Gasteiger partial charge on any atom is 0.220 e. The van der Waals surface area contributed by atoms with Gasteiger partial charge in [0.25, 0.3) is 0 Å². The van der Waals surface area contributed by atoms with Crippen molar-refractivity contribution in [3.05, 3.63) is 12.4 Å². The normalized spacial score (nSPS) is 12.4. The Morgan fingerprint density at radius 2 is 1.19 bits per heavy atom. The standard InChI is InChI=1S/C12H20N2O2/c1-11(2,3)15-9-7-10(14-8-13-9)16-12(4,5)6/h7-8H,1-6H3. The number of hydrogen-bond acceptors (Lipinski definition) is 4. The highest BCUT2D eigenvalue weighted by Crippen LogP contribution is 2.21. The van der Waals surface area contributed by atoms with Gasteiger partial charge in [-0.1, -0.05) is 0 Å². The highest BCUT2D eigenvalue weighted by molar-refractivity contribution is 5.19. The summed E-state index contributed by atoms with van der Waals surface area (Å²) < 4.78 is 11.3. The Morgan fingerprint density at radius 3 is 1.50 bits per heavy atom. The van der Waals surface area contributed by atoms with E-state index in [4.69, 9.17) is 9.47 Å². The Labute approximate surface area is 97.0 Å². The Kier molecular flexibility index (Phi) is 3.41. The fourth-order valence-corrected chi connectivity index (χ4v) is 1.06. The first-order chi connectivity index (χ1) is 7.16. The minimum absolute atomic E-state index is 0.270. The van der Waals surface area contributed by atoms with E-state index in [1.807, 2.05) is 41.5 Å². The van der Waals surface area contributed by atoms with Crippen LogP contribution in [0.2, 0.25) is 0 Å². The monoisotopic (exact) mass is 224 g/mol. The van der Waals surface area contributed by atoms with Crippen molar-refractivity contribution in [1.82, 2.24) is 9.97 Å². The molecular weight excluding hydrogens is 204 g/mol. The van der Waals surface area contributed by atoms with Crippen molar-refractivity contribution >= 4 is 0 Å². The number of aromatic nitrogens is 2. The topological polar surface area (TPSA) is 44.2 Å². The van der Waals surface area contributed by atoms with Gasteiger partial charge in [-0.3, -0.25) is 0 Å². The van der Waals surface area contributed by atoms with Crippen LogP contribution in [0.1, 0.15) is 41.5 Å². The van der Waals surface area contributed by atoms with Crippen LogP contribution in [0.4, 0.5) is 0 Å². The summed E-state index contributed by atoms with van der Waals surface area (Å²) in [6, 6.07) is 1.70. The first-order valence-electron chi connectivity index (χ1n) is 5.36. The summed E-state index contributed by atoms with van der Waals surface area (Å²) >= 11 is 0. The predicted octanol–water partition coefficient (Wildman–Crippen LogP) is 2.83. The Morgan fingerprint density at radius 1 is 0.812 bits per heavy atom. The lowest BCUT2D eigenvalue weighted by Gasteiger charge is -2.22. The number of ether oxygens (including phenoxy) is 2. The van der Waals surface area contributed by atoms with Crippen LogP contribution in [0.25, 0.3) is 0 Å². The molecule has 4 heteroatoms. The molecular formula is C12H20N2O2. The Balaban J connectivity index is 2.79. The molecule has 0 N–H and O–H groups in total. The van der Waals surface area contributed by atoms with Gasteiger partial charge in [-0.2, -0.15) is 0 Å². The SMILES string of the molecule is CC(C)(C)Oc1cc(OC(C)(C)C)ncn1. The van der Waals surface area contributed by atoms with Crippen LogP contribution < -0.4 is 9.47 Å². The summed E-state index contributed by atoms with van der Waals surface area (Å²) in [6.45, 7) is 11.8. The maximum absolute atomic E-state index is 5.63. The summed E-state index contributed by atoms with van der Waals surface area (Å²) in [7, 11) is 0. The molecule has 0 amide bonds. The van der Waals surface area contributed by atoms with E-state index in [1.54, 1.807) is 6.07 Å². The average molecular weight is 224 g/mol. The van der Waals surface area contributed by atoms with Crippen LogP contribution in [0.5, 0.6) is 11.8 Å². The highest BCUT2D eigenvalue weighted by atomic mass is 16.5. The van der Waals surface area contributed by atoms with Crippen molar-refractivity contribution < 1.29 is 9.47 Å². The van der Waals surface area contributed by atoms with Gasteiger partial charge in [-0.05, 0) is 41.5 Å². The molecule has 1 rings (SSSR count). The molecule has 1 aromatic heterocycles. The largest absolute Gasteiger partial charge is 0.472 e. The van der Waals surface area contributed by atoms with Gasteiger partial charge in [0.15, 0.2) is 0 Å². The predicted molar refractivity (Wildman–Crippen MR) is 62.8 cm³/mol. The zero-order valence-corrected chi connectivity index (χ0v) is 10.9. The first-order valence-corrected chi connectivity index (χ1v) is 5.36. The van der Waals surface area contributed by atoms with E-state index in [1.165, 1.54) is 6.33 Å². The van der Waals surface area contributed by atoms with Gasteiger partial charge in [0.05, 0.1) is 6.07 Å². The van der Waals surface area contributed by atoms with E-state index >= 15 is 0 Å². The van der Waals surface area contributed by atoms with Crippen LogP contribution in [0.3, 0.4) is 0 Å². The molecule has 16 heavy (non-hydrogen) atoms. The fraction of sp³-hybridized carbons (Fsp3) is 0.667. The second-order valence-corrected chi connectivity index (χ2v) is 5.62. The highest BCUT2D eigenvalue weighted by Gasteiger charge is 2.16. The van der Waals surface area contributed by atoms with Crippen LogP contribution in [-0.4, -0.2) is 21.2 Å². The van der Waals surface area contributed by atoms with Gasteiger partial charge in [-0.25, -0.2) is 9.97 Å². The van der Waals surface area contributed by atoms with Crippen LogP contribution in [0, 0.1) is 0 Å². The van der Waals surface area contributed by atoms with Crippen molar-refractivity contribution in [2.24, 2.45) is 0 Å². The van der Waals surface area contributed by atoms with Crippen LogP contribution in [0.15, 0.2) is 12.4 Å². The van der Waals surface area contributed by atoms with Crippen molar-refractivity contribution in [3.63, 3.8) is 0 Å². The summed E-state index contributed by atoms with van der Waals surface area (Å²) in [6.07, 6.45) is 1.45. The lowest BCUT2D eigenvalue weighted by Crippen LogP contribution is -2.25. The molecule has 1 heterocycles. The van der Waals surface area contributed by atoms with Crippen molar-refractivity contribution in [2.75, 3.05) is 0 Å². The first kappa shape index (κ1) is 12.7. The van der Waals surface area contributed by atoms with E-state index in [2.05, 4.69) is 9.97 Å². The third-order valence-electron chi connectivity index (χ3n) is 1.44. The minimum atomic E-state index is -0.270. The molecule has 0 bridgehead atoms. The fourth-order valence-electron chi connectivity index (χ4n) is 1.06. The number of hydrogen-bond donors (Lipinski definition) is 0. The smallest absolute Gasteiger partial charge is 0.220 e. The summed E-state index contributed by atoms with van der Waals surface area (Å²) in [5, 5.41) is 0. The average Bonchev–Trinajstić information content (AvgIpc) is 1.96. The molecule has 0 aliphatic carbocycles. The lowest BCUT2D eigenvalue weighted by atomic mass is 10.2. The number of rotatable bonds is 2. The molecule has 0 saturated heterocycles. The van der Waals surface area contributed by atoms with E-state index < -0.39 is 0 Å². The van der Waals surface area contributed by atoms with E-state index in [-0.39, 0.29) is 11.2 Å². The zero-order valence-electron chi connectivity index (χ0n) is 10.9. The van der Waals surface area contributed by atoms with Crippen LogP contribution >= 0.6 is 0 Å². The number of nitrogens with zero attached hydrogens (tertiary/aromatic N) is 2. The second-order valence-electron chi connectivity index (χ2n) is 5.62. The van der Waals surface area contributed by atoms with Crippen LogP contribution in [-0.2, 0) is 0 Å². The molecule has 0 spiro atoms.